The van der Waals surface area contributed by atoms with Gasteiger partial charge in [-0.05, 0) is 30.0 Å². The SMILES string of the molecule is O=C(Cn1cc(C(=O)O)nn1)NC1CCc2c(F)cccc21. The number of carboxylic acid groups (broad SMARTS) is 1. The zero-order valence-electron chi connectivity index (χ0n) is 11.5. The molecule has 1 amide bonds. The molecular formula is C14H13FN4O3. The lowest BCUT2D eigenvalue weighted by molar-refractivity contribution is -0.122. The summed E-state index contributed by atoms with van der Waals surface area (Å²) < 4.78 is 14.8. The number of aromatic carboxylic acids is 1. The van der Waals surface area contributed by atoms with Crippen molar-refractivity contribution in [3.05, 3.63) is 47.0 Å². The van der Waals surface area contributed by atoms with Gasteiger partial charge in [0.15, 0.2) is 5.69 Å². The molecule has 0 aliphatic heterocycles. The molecule has 1 heterocycles. The molecule has 0 spiro atoms. The van der Waals surface area contributed by atoms with Gasteiger partial charge in [0.1, 0.15) is 12.4 Å². The molecule has 1 unspecified atom stereocenters. The van der Waals surface area contributed by atoms with Crippen molar-refractivity contribution in [2.24, 2.45) is 0 Å². The highest BCUT2D eigenvalue weighted by Crippen LogP contribution is 2.32. The van der Waals surface area contributed by atoms with Crippen molar-refractivity contribution in [2.75, 3.05) is 0 Å². The van der Waals surface area contributed by atoms with E-state index in [1.165, 1.54) is 12.3 Å². The van der Waals surface area contributed by atoms with Gasteiger partial charge in [0.05, 0.1) is 12.2 Å². The Hall–Kier alpha value is -2.77. The van der Waals surface area contributed by atoms with E-state index in [4.69, 9.17) is 5.11 Å². The van der Waals surface area contributed by atoms with Crippen LogP contribution in [0, 0.1) is 5.82 Å². The summed E-state index contributed by atoms with van der Waals surface area (Å²) in [5.74, 6) is -1.78. The van der Waals surface area contributed by atoms with E-state index >= 15 is 0 Å². The lowest BCUT2D eigenvalue weighted by Gasteiger charge is -2.14. The van der Waals surface area contributed by atoms with Crippen LogP contribution in [0.1, 0.15) is 34.1 Å². The van der Waals surface area contributed by atoms with Crippen LogP contribution >= 0.6 is 0 Å². The maximum atomic E-state index is 13.6. The van der Waals surface area contributed by atoms with E-state index in [2.05, 4.69) is 15.6 Å². The van der Waals surface area contributed by atoms with E-state index in [9.17, 15) is 14.0 Å². The Kier molecular flexibility index (Phi) is 3.58. The van der Waals surface area contributed by atoms with E-state index in [1.807, 2.05) is 0 Å². The van der Waals surface area contributed by atoms with Gasteiger partial charge in [-0.1, -0.05) is 17.3 Å². The molecule has 1 aliphatic rings. The Morgan fingerprint density at radius 3 is 3.00 bits per heavy atom. The fourth-order valence-electron chi connectivity index (χ4n) is 2.62. The van der Waals surface area contributed by atoms with Crippen LogP contribution in [0.3, 0.4) is 0 Å². The fourth-order valence-corrected chi connectivity index (χ4v) is 2.62. The Labute approximate surface area is 124 Å². The fraction of sp³-hybridized carbons (Fsp3) is 0.286. The van der Waals surface area contributed by atoms with Crippen molar-refractivity contribution < 1.29 is 19.1 Å². The number of nitrogens with one attached hydrogen (secondary N) is 1. The number of rotatable bonds is 4. The molecule has 0 bridgehead atoms. The highest BCUT2D eigenvalue weighted by molar-refractivity contribution is 5.84. The smallest absolute Gasteiger partial charge is 0.358 e. The number of amides is 1. The third-order valence-electron chi connectivity index (χ3n) is 3.61. The average molecular weight is 304 g/mol. The van der Waals surface area contributed by atoms with Gasteiger partial charge >= 0.3 is 5.97 Å². The van der Waals surface area contributed by atoms with Crippen molar-refractivity contribution in [1.82, 2.24) is 20.3 Å². The van der Waals surface area contributed by atoms with Crippen LogP contribution in [-0.2, 0) is 17.8 Å². The van der Waals surface area contributed by atoms with Crippen LogP contribution in [0.25, 0.3) is 0 Å². The minimum Gasteiger partial charge on any atom is -0.476 e. The largest absolute Gasteiger partial charge is 0.476 e. The Morgan fingerprint density at radius 1 is 1.45 bits per heavy atom. The number of hydrogen-bond acceptors (Lipinski definition) is 4. The highest BCUT2D eigenvalue weighted by Gasteiger charge is 2.26. The number of carbonyl (C=O) groups is 2. The van der Waals surface area contributed by atoms with Crippen molar-refractivity contribution in [1.29, 1.82) is 0 Å². The monoisotopic (exact) mass is 304 g/mol. The second kappa shape index (κ2) is 5.55. The Bertz CT molecular complexity index is 743. The van der Waals surface area contributed by atoms with Crippen LogP contribution in [0.5, 0.6) is 0 Å². The number of hydrogen-bond donors (Lipinski definition) is 2. The third kappa shape index (κ3) is 2.67. The molecular weight excluding hydrogens is 291 g/mol. The van der Waals surface area contributed by atoms with E-state index in [0.29, 0.717) is 18.4 Å². The van der Waals surface area contributed by atoms with Crippen molar-refractivity contribution >= 4 is 11.9 Å². The molecule has 8 heteroatoms. The summed E-state index contributed by atoms with van der Waals surface area (Å²) >= 11 is 0. The maximum Gasteiger partial charge on any atom is 0.358 e. The van der Waals surface area contributed by atoms with Crippen LogP contribution in [0.4, 0.5) is 4.39 Å². The third-order valence-corrected chi connectivity index (χ3v) is 3.61. The van der Waals surface area contributed by atoms with Crippen LogP contribution in [0.15, 0.2) is 24.4 Å². The normalized spacial score (nSPS) is 16.3. The van der Waals surface area contributed by atoms with Gasteiger partial charge in [-0.25, -0.2) is 13.9 Å². The Balaban J connectivity index is 1.66. The number of fused-ring (bicyclic) bond motifs is 1. The van der Waals surface area contributed by atoms with E-state index in [0.717, 1.165) is 10.2 Å². The molecule has 0 saturated carbocycles. The van der Waals surface area contributed by atoms with Crippen molar-refractivity contribution in [2.45, 2.75) is 25.4 Å². The zero-order valence-corrected chi connectivity index (χ0v) is 11.5. The first-order chi connectivity index (χ1) is 10.5. The summed E-state index contributed by atoms with van der Waals surface area (Å²) in [6.07, 6.45) is 2.41. The van der Waals surface area contributed by atoms with Crippen LogP contribution in [-0.4, -0.2) is 32.0 Å². The number of halogens is 1. The highest BCUT2D eigenvalue weighted by atomic mass is 19.1. The quantitative estimate of drug-likeness (QED) is 0.875. The maximum absolute atomic E-state index is 13.6. The van der Waals surface area contributed by atoms with Gasteiger partial charge in [-0.3, -0.25) is 4.79 Å². The van der Waals surface area contributed by atoms with Crippen LogP contribution in [0.2, 0.25) is 0 Å². The Morgan fingerprint density at radius 2 is 2.27 bits per heavy atom. The van der Waals surface area contributed by atoms with E-state index < -0.39 is 5.97 Å². The predicted molar refractivity (Wildman–Crippen MR) is 72.6 cm³/mol. The number of carboxylic acids is 1. The topological polar surface area (TPSA) is 97.1 Å². The molecule has 0 fully saturated rings. The molecule has 0 saturated heterocycles. The minimum absolute atomic E-state index is 0.137. The number of benzene rings is 1. The average Bonchev–Trinajstić information content (AvgIpc) is 3.07. The summed E-state index contributed by atoms with van der Waals surface area (Å²) in [5.41, 5.74) is 1.21. The van der Waals surface area contributed by atoms with Crippen molar-refractivity contribution in [3.63, 3.8) is 0 Å². The molecule has 2 N–H and O–H groups in total. The standard InChI is InChI=1S/C14H13FN4O3/c15-10-3-1-2-9-8(10)4-5-11(9)16-13(20)7-19-6-12(14(21)22)17-18-19/h1-3,6,11H,4-5,7H2,(H,16,20)(H,21,22). The molecule has 0 radical (unpaired) electrons. The first-order valence-corrected chi connectivity index (χ1v) is 6.74. The number of nitrogens with zero attached hydrogens (tertiary/aromatic N) is 3. The van der Waals surface area contributed by atoms with Gasteiger partial charge in [0.25, 0.3) is 0 Å². The molecule has 1 aromatic heterocycles. The zero-order chi connectivity index (χ0) is 15.7. The lowest BCUT2D eigenvalue weighted by atomic mass is 10.1. The van der Waals surface area contributed by atoms with E-state index in [1.54, 1.807) is 12.1 Å². The van der Waals surface area contributed by atoms with Gasteiger partial charge in [0.2, 0.25) is 5.91 Å². The first-order valence-electron chi connectivity index (χ1n) is 6.74. The summed E-state index contributed by atoms with van der Waals surface area (Å²) in [6, 6.07) is 4.59. The van der Waals surface area contributed by atoms with Gasteiger partial charge < -0.3 is 10.4 Å². The molecule has 1 atom stereocenters. The second-order valence-electron chi connectivity index (χ2n) is 5.07. The van der Waals surface area contributed by atoms with Crippen LogP contribution < -0.4 is 5.32 Å². The predicted octanol–water partition coefficient (Wildman–Crippen LogP) is 0.919. The summed E-state index contributed by atoms with van der Waals surface area (Å²) in [7, 11) is 0. The summed E-state index contributed by atoms with van der Waals surface area (Å²) in [5, 5.41) is 18.6. The molecule has 2 aromatic rings. The van der Waals surface area contributed by atoms with Gasteiger partial charge in [-0.2, -0.15) is 0 Å². The minimum atomic E-state index is -1.20. The number of aromatic nitrogens is 3. The molecule has 1 aromatic carbocycles. The molecule has 1 aliphatic carbocycles. The molecule has 22 heavy (non-hydrogen) atoms. The first kappa shape index (κ1) is 14.2. The summed E-state index contributed by atoms with van der Waals surface area (Å²) in [6.45, 7) is -0.137. The molecule has 114 valence electrons. The van der Waals surface area contributed by atoms with E-state index in [-0.39, 0.29) is 30.0 Å². The van der Waals surface area contributed by atoms with Gasteiger partial charge in [0, 0.05) is 0 Å². The molecule has 3 rings (SSSR count). The summed E-state index contributed by atoms with van der Waals surface area (Å²) in [4.78, 5) is 22.7. The number of carbonyl (C=O) groups excluding carboxylic acids is 1. The molecule has 7 nitrogen and oxygen atoms in total. The lowest BCUT2D eigenvalue weighted by Crippen LogP contribution is -2.30. The second-order valence-corrected chi connectivity index (χ2v) is 5.07. The van der Waals surface area contributed by atoms with Crippen molar-refractivity contribution in [3.8, 4) is 0 Å². The van der Waals surface area contributed by atoms with Gasteiger partial charge in [-0.15, -0.1) is 5.10 Å².